The second kappa shape index (κ2) is 7.23. The third-order valence-corrected chi connectivity index (χ3v) is 6.03. The molecule has 5 rings (SSSR count). The summed E-state index contributed by atoms with van der Waals surface area (Å²) in [5.41, 5.74) is 8.84. The van der Waals surface area contributed by atoms with E-state index in [1.165, 1.54) is 18.3 Å². The Morgan fingerprint density at radius 3 is 2.87 bits per heavy atom. The van der Waals surface area contributed by atoms with E-state index in [9.17, 15) is 9.65 Å². The normalized spacial score (nSPS) is 21.9. The molecule has 2 N–H and O–H groups in total. The maximum Gasteiger partial charge on any atom is 0.258 e. The first kappa shape index (κ1) is 19.3. The van der Waals surface area contributed by atoms with Crippen LogP contribution in [0.25, 0.3) is 11.3 Å². The fraction of sp³-hybridized carbons (Fsp3) is 0.364. The Morgan fingerprint density at radius 1 is 1.29 bits per heavy atom. The van der Waals surface area contributed by atoms with E-state index in [4.69, 9.17) is 15.2 Å². The van der Waals surface area contributed by atoms with Crippen LogP contribution in [0.2, 0.25) is 0 Å². The maximum absolute atomic E-state index is 14.0. The Morgan fingerprint density at radius 2 is 2.13 bits per heavy atom. The summed E-state index contributed by atoms with van der Waals surface area (Å²) in [6, 6.07) is 6.63. The number of aromatic nitrogens is 4. The molecular weight excluding hydrogens is 399 g/mol. The molecule has 3 atom stereocenters. The average Bonchev–Trinajstić information content (AvgIpc) is 3.06. The number of nitrogens with two attached hydrogens (primary N) is 1. The molecule has 0 radical (unpaired) electrons. The third-order valence-electron chi connectivity index (χ3n) is 6.03. The standard InChI is InChI=1S/C22H21FN6O2/c1-11-14-8-13(23)4-6-19(14)31-18-5-3-12(18)7-15-20(17(9-24)29(2)28-15)16-10-26-21(25)22(27-16)30-11/h4,6,8,10-12,18H,3,5,7H2,1-2H3,(H2,25,26). The van der Waals surface area contributed by atoms with Crippen LogP contribution in [0.5, 0.6) is 11.6 Å². The van der Waals surface area contributed by atoms with Crippen molar-refractivity contribution in [2.45, 2.75) is 38.4 Å². The van der Waals surface area contributed by atoms with E-state index in [0.717, 1.165) is 18.5 Å². The molecule has 1 fully saturated rings. The van der Waals surface area contributed by atoms with E-state index in [1.807, 2.05) is 0 Å². The Kier molecular flexibility index (Phi) is 4.50. The van der Waals surface area contributed by atoms with Crippen molar-refractivity contribution in [3.8, 4) is 29.0 Å². The van der Waals surface area contributed by atoms with Gasteiger partial charge in [-0.25, -0.2) is 14.4 Å². The number of halogens is 1. The Hall–Kier alpha value is -3.67. The summed E-state index contributed by atoms with van der Waals surface area (Å²) in [6.45, 7) is 1.78. The summed E-state index contributed by atoms with van der Waals surface area (Å²) >= 11 is 0. The zero-order chi connectivity index (χ0) is 21.7. The van der Waals surface area contributed by atoms with Gasteiger partial charge in [0.05, 0.1) is 23.1 Å². The highest BCUT2D eigenvalue weighted by molar-refractivity contribution is 5.69. The zero-order valence-corrected chi connectivity index (χ0v) is 17.2. The van der Waals surface area contributed by atoms with E-state index in [-0.39, 0.29) is 29.5 Å². The number of nitriles is 1. The number of hydrogen-bond donors (Lipinski definition) is 1. The minimum Gasteiger partial charge on any atom is -0.490 e. The van der Waals surface area contributed by atoms with Gasteiger partial charge >= 0.3 is 0 Å². The van der Waals surface area contributed by atoms with Crippen molar-refractivity contribution in [2.75, 3.05) is 5.73 Å². The van der Waals surface area contributed by atoms with Crippen molar-refractivity contribution in [1.29, 1.82) is 5.26 Å². The van der Waals surface area contributed by atoms with Crippen LogP contribution in [0.4, 0.5) is 10.2 Å². The average molecular weight is 420 g/mol. The molecule has 0 spiro atoms. The van der Waals surface area contributed by atoms with Gasteiger partial charge in [0.1, 0.15) is 35.5 Å². The molecule has 1 aromatic carbocycles. The Bertz CT molecular complexity index is 1220. The molecule has 1 saturated carbocycles. The van der Waals surface area contributed by atoms with Crippen LogP contribution < -0.4 is 15.2 Å². The van der Waals surface area contributed by atoms with Gasteiger partial charge in [0.25, 0.3) is 5.88 Å². The smallest absolute Gasteiger partial charge is 0.258 e. The lowest BCUT2D eigenvalue weighted by molar-refractivity contribution is 0.0435. The number of fused-ring (bicyclic) bond motifs is 6. The zero-order valence-electron chi connectivity index (χ0n) is 17.2. The number of nitrogen functional groups attached to an aromatic ring is 1. The van der Waals surface area contributed by atoms with Crippen LogP contribution >= 0.6 is 0 Å². The van der Waals surface area contributed by atoms with Gasteiger partial charge in [-0.1, -0.05) is 0 Å². The summed E-state index contributed by atoms with van der Waals surface area (Å²) in [5, 5.41) is 14.3. The molecule has 9 heteroatoms. The summed E-state index contributed by atoms with van der Waals surface area (Å²) in [7, 11) is 1.73. The van der Waals surface area contributed by atoms with Gasteiger partial charge in [0.15, 0.2) is 5.82 Å². The molecule has 2 bridgehead atoms. The Labute approximate surface area is 178 Å². The summed E-state index contributed by atoms with van der Waals surface area (Å²) in [5.74, 6) is 0.631. The van der Waals surface area contributed by atoms with Gasteiger partial charge in [-0.3, -0.25) is 4.68 Å². The number of anilines is 1. The van der Waals surface area contributed by atoms with Crippen LogP contribution in [0.3, 0.4) is 0 Å². The molecule has 8 nitrogen and oxygen atoms in total. The van der Waals surface area contributed by atoms with Gasteiger partial charge in [0.2, 0.25) is 0 Å². The van der Waals surface area contributed by atoms with Crippen molar-refractivity contribution >= 4 is 5.82 Å². The molecule has 2 aromatic heterocycles. The molecule has 158 valence electrons. The molecular formula is C22H21FN6O2. The van der Waals surface area contributed by atoms with Crippen molar-refractivity contribution in [3.63, 3.8) is 0 Å². The minimum absolute atomic E-state index is 0.0307. The number of aryl methyl sites for hydroxylation is 1. The van der Waals surface area contributed by atoms with Crippen LogP contribution in [-0.2, 0) is 13.5 Å². The first-order chi connectivity index (χ1) is 14.9. The summed E-state index contributed by atoms with van der Waals surface area (Å²) < 4.78 is 27.9. The van der Waals surface area contributed by atoms with E-state index < -0.39 is 6.10 Å². The largest absolute Gasteiger partial charge is 0.490 e. The quantitative estimate of drug-likeness (QED) is 0.594. The molecule has 31 heavy (non-hydrogen) atoms. The molecule has 0 saturated heterocycles. The van der Waals surface area contributed by atoms with Crippen molar-refractivity contribution in [1.82, 2.24) is 19.7 Å². The monoisotopic (exact) mass is 420 g/mol. The Balaban J connectivity index is 1.69. The first-order valence-electron chi connectivity index (χ1n) is 10.2. The molecule has 0 amide bonds. The summed E-state index contributed by atoms with van der Waals surface area (Å²) in [4.78, 5) is 8.79. The van der Waals surface area contributed by atoms with E-state index in [1.54, 1.807) is 24.7 Å². The maximum atomic E-state index is 14.0. The summed E-state index contributed by atoms with van der Waals surface area (Å²) in [6.07, 6.45) is 3.41. The van der Waals surface area contributed by atoms with Gasteiger partial charge < -0.3 is 15.2 Å². The number of rotatable bonds is 0. The number of benzene rings is 1. The van der Waals surface area contributed by atoms with E-state index in [0.29, 0.717) is 34.7 Å². The van der Waals surface area contributed by atoms with Crippen LogP contribution in [0.15, 0.2) is 24.4 Å². The van der Waals surface area contributed by atoms with Gasteiger partial charge in [0, 0.05) is 18.5 Å². The highest BCUT2D eigenvalue weighted by atomic mass is 19.1. The number of hydrogen-bond acceptors (Lipinski definition) is 7. The van der Waals surface area contributed by atoms with Crippen LogP contribution in [0.1, 0.15) is 42.8 Å². The number of ether oxygens (including phenoxy) is 2. The molecule has 3 unspecified atom stereocenters. The first-order valence-corrected chi connectivity index (χ1v) is 10.2. The SMILES string of the molecule is CC1Oc2nc(cnc2N)-c2c(nn(C)c2C#N)CC2CCC2Oc2ccc(F)cc21. The molecule has 1 aliphatic carbocycles. The predicted octanol–water partition coefficient (Wildman–Crippen LogP) is 3.32. The third kappa shape index (κ3) is 3.24. The fourth-order valence-corrected chi connectivity index (χ4v) is 4.22. The predicted molar refractivity (Wildman–Crippen MR) is 110 cm³/mol. The van der Waals surface area contributed by atoms with E-state index >= 15 is 0 Å². The topological polar surface area (TPSA) is 112 Å². The fourth-order valence-electron chi connectivity index (χ4n) is 4.22. The molecule has 2 aliphatic rings. The van der Waals surface area contributed by atoms with Gasteiger partial charge in [-0.15, -0.1) is 0 Å². The lowest BCUT2D eigenvalue weighted by Crippen LogP contribution is -2.38. The second-order valence-electron chi connectivity index (χ2n) is 7.99. The highest BCUT2D eigenvalue weighted by Gasteiger charge is 2.36. The van der Waals surface area contributed by atoms with Gasteiger partial charge in [-0.2, -0.15) is 10.4 Å². The van der Waals surface area contributed by atoms with Crippen molar-refractivity contribution in [3.05, 3.63) is 47.2 Å². The highest BCUT2D eigenvalue weighted by Crippen LogP contribution is 2.40. The lowest BCUT2D eigenvalue weighted by Gasteiger charge is -2.37. The second-order valence-corrected chi connectivity index (χ2v) is 7.99. The van der Waals surface area contributed by atoms with Crippen molar-refractivity contribution < 1.29 is 13.9 Å². The molecule has 1 aliphatic heterocycles. The number of nitrogens with zero attached hydrogens (tertiary/aromatic N) is 5. The van der Waals surface area contributed by atoms with E-state index in [2.05, 4.69) is 21.1 Å². The molecule has 3 aromatic rings. The van der Waals surface area contributed by atoms with Crippen molar-refractivity contribution in [2.24, 2.45) is 13.0 Å². The van der Waals surface area contributed by atoms with Crippen LogP contribution in [-0.4, -0.2) is 25.9 Å². The van der Waals surface area contributed by atoms with Gasteiger partial charge in [-0.05, 0) is 44.4 Å². The molecule has 3 heterocycles. The lowest BCUT2D eigenvalue weighted by atomic mass is 9.78. The van der Waals surface area contributed by atoms with Crippen LogP contribution in [0, 0.1) is 23.1 Å². The minimum atomic E-state index is -0.583.